The average molecular weight is 379 g/mol. The molecule has 0 amide bonds. The zero-order valence-corrected chi connectivity index (χ0v) is 15.1. The summed E-state index contributed by atoms with van der Waals surface area (Å²) < 4.78 is 27.5. The molecule has 2 aromatic heterocycles. The van der Waals surface area contributed by atoms with Crippen LogP contribution in [0, 0.1) is 0 Å². The number of aromatic nitrogens is 1. The molecule has 0 radical (unpaired) electrons. The molecule has 3 aromatic rings. The summed E-state index contributed by atoms with van der Waals surface area (Å²) in [6.45, 7) is 0.487. The van der Waals surface area contributed by atoms with E-state index in [1.807, 2.05) is 29.0 Å². The molecule has 24 heavy (non-hydrogen) atoms. The molecule has 0 N–H and O–H groups in total. The average Bonchev–Trinajstić information content (AvgIpc) is 3.08. The molecule has 0 aliphatic rings. The summed E-state index contributed by atoms with van der Waals surface area (Å²) in [4.78, 5) is 4.42. The molecule has 2 heterocycles. The first-order valence-electron chi connectivity index (χ1n) is 7.22. The summed E-state index contributed by atoms with van der Waals surface area (Å²) in [5.74, 6) is 0. The lowest BCUT2D eigenvalue weighted by atomic mass is 10.3. The molecule has 0 bridgehead atoms. The molecular formula is C17H15ClN2O2S2. The summed E-state index contributed by atoms with van der Waals surface area (Å²) in [5, 5.41) is 4.27. The second-order valence-corrected chi connectivity index (χ2v) is 8.34. The van der Waals surface area contributed by atoms with Gasteiger partial charge in [0.1, 0.15) is 0 Å². The Morgan fingerprint density at radius 3 is 2.62 bits per heavy atom. The minimum Gasteiger partial charge on any atom is -0.260 e. The fourth-order valence-corrected chi connectivity index (χ4v) is 4.62. The largest absolute Gasteiger partial charge is 0.260 e. The van der Waals surface area contributed by atoms with E-state index in [2.05, 4.69) is 4.98 Å². The monoisotopic (exact) mass is 378 g/mol. The Bertz CT molecular complexity index is 897. The Labute approximate surface area is 150 Å². The SMILES string of the molecule is O=S(=O)(c1cccc(Cl)c1)N(Cc1ccsc1)Cc1ccccn1. The lowest BCUT2D eigenvalue weighted by Crippen LogP contribution is -2.30. The van der Waals surface area contributed by atoms with Crippen molar-refractivity contribution in [2.75, 3.05) is 0 Å². The van der Waals surface area contributed by atoms with Crippen molar-refractivity contribution in [1.82, 2.24) is 9.29 Å². The number of nitrogens with zero attached hydrogens (tertiary/aromatic N) is 2. The van der Waals surface area contributed by atoms with Gasteiger partial charge in [0.05, 0.1) is 17.1 Å². The van der Waals surface area contributed by atoms with E-state index in [4.69, 9.17) is 11.6 Å². The molecule has 0 fully saturated rings. The van der Waals surface area contributed by atoms with E-state index < -0.39 is 10.0 Å². The molecule has 4 nitrogen and oxygen atoms in total. The van der Waals surface area contributed by atoms with E-state index >= 15 is 0 Å². The number of halogens is 1. The van der Waals surface area contributed by atoms with Gasteiger partial charge in [-0.15, -0.1) is 0 Å². The van der Waals surface area contributed by atoms with Crippen molar-refractivity contribution < 1.29 is 8.42 Å². The van der Waals surface area contributed by atoms with Crippen LogP contribution in [0.3, 0.4) is 0 Å². The molecule has 0 saturated heterocycles. The number of hydrogen-bond donors (Lipinski definition) is 0. The fourth-order valence-electron chi connectivity index (χ4n) is 2.26. The van der Waals surface area contributed by atoms with Crippen molar-refractivity contribution in [2.24, 2.45) is 0 Å². The van der Waals surface area contributed by atoms with Crippen LogP contribution in [-0.2, 0) is 23.1 Å². The van der Waals surface area contributed by atoms with Crippen LogP contribution in [0.1, 0.15) is 11.3 Å². The van der Waals surface area contributed by atoms with E-state index in [1.165, 1.54) is 21.7 Å². The molecule has 1 aromatic carbocycles. The molecule has 7 heteroatoms. The lowest BCUT2D eigenvalue weighted by Gasteiger charge is -2.21. The van der Waals surface area contributed by atoms with Crippen LogP contribution < -0.4 is 0 Å². The van der Waals surface area contributed by atoms with Crippen LogP contribution in [-0.4, -0.2) is 17.7 Å². The van der Waals surface area contributed by atoms with Gasteiger partial charge >= 0.3 is 0 Å². The third-order valence-corrected chi connectivity index (χ3v) is 6.19. The summed E-state index contributed by atoms with van der Waals surface area (Å²) >= 11 is 7.50. The van der Waals surface area contributed by atoms with Crippen molar-refractivity contribution >= 4 is 33.0 Å². The Kier molecular flexibility index (Phi) is 5.30. The maximum atomic E-state index is 13.1. The van der Waals surface area contributed by atoms with E-state index in [9.17, 15) is 8.42 Å². The van der Waals surface area contributed by atoms with Crippen LogP contribution in [0.25, 0.3) is 0 Å². The molecular weight excluding hydrogens is 364 g/mol. The number of benzene rings is 1. The maximum Gasteiger partial charge on any atom is 0.243 e. The van der Waals surface area contributed by atoms with Gasteiger partial charge in [-0.25, -0.2) is 8.42 Å². The van der Waals surface area contributed by atoms with Gasteiger partial charge in [-0.2, -0.15) is 15.6 Å². The number of pyridine rings is 1. The maximum absolute atomic E-state index is 13.1. The Hall–Kier alpha value is -1.73. The minimum atomic E-state index is -3.68. The minimum absolute atomic E-state index is 0.182. The van der Waals surface area contributed by atoms with Gasteiger partial charge < -0.3 is 0 Å². The highest BCUT2D eigenvalue weighted by molar-refractivity contribution is 7.89. The molecule has 3 rings (SSSR count). The van der Waals surface area contributed by atoms with E-state index in [-0.39, 0.29) is 18.0 Å². The molecule has 0 aliphatic heterocycles. The van der Waals surface area contributed by atoms with Gasteiger partial charge in [-0.3, -0.25) is 4.98 Å². The number of sulfonamides is 1. The highest BCUT2D eigenvalue weighted by Crippen LogP contribution is 2.23. The predicted octanol–water partition coefficient (Wildman–Crippen LogP) is 4.19. The summed E-state index contributed by atoms with van der Waals surface area (Å²) in [7, 11) is -3.68. The van der Waals surface area contributed by atoms with E-state index in [0.717, 1.165) is 5.56 Å². The van der Waals surface area contributed by atoms with Crippen LogP contribution in [0.15, 0.2) is 70.4 Å². The molecule has 0 saturated carbocycles. The van der Waals surface area contributed by atoms with Gasteiger partial charge in [-0.05, 0) is 52.7 Å². The highest BCUT2D eigenvalue weighted by Gasteiger charge is 2.25. The standard InChI is InChI=1S/C17H15ClN2O2S2/c18-15-4-3-6-17(10-15)24(21,22)20(11-14-7-9-23-13-14)12-16-5-1-2-8-19-16/h1-10,13H,11-12H2. The first-order chi connectivity index (χ1) is 11.6. The van der Waals surface area contributed by atoms with Gasteiger partial charge in [0.15, 0.2) is 0 Å². The van der Waals surface area contributed by atoms with Gasteiger partial charge in [0.25, 0.3) is 0 Å². The third-order valence-electron chi connectivity index (χ3n) is 3.44. The van der Waals surface area contributed by atoms with E-state index in [1.54, 1.807) is 30.5 Å². The Balaban J connectivity index is 1.96. The number of hydrogen-bond acceptors (Lipinski definition) is 4. The van der Waals surface area contributed by atoms with Crippen LogP contribution in [0.4, 0.5) is 0 Å². The van der Waals surface area contributed by atoms with Crippen molar-refractivity contribution in [3.63, 3.8) is 0 Å². The van der Waals surface area contributed by atoms with Crippen molar-refractivity contribution in [2.45, 2.75) is 18.0 Å². The zero-order valence-electron chi connectivity index (χ0n) is 12.7. The normalized spacial score (nSPS) is 11.8. The van der Waals surface area contributed by atoms with Crippen molar-refractivity contribution in [1.29, 1.82) is 0 Å². The van der Waals surface area contributed by atoms with Crippen LogP contribution in [0.5, 0.6) is 0 Å². The first-order valence-corrected chi connectivity index (χ1v) is 9.98. The molecule has 0 atom stereocenters. The molecule has 0 spiro atoms. The summed E-state index contributed by atoms with van der Waals surface area (Å²) in [5.41, 5.74) is 1.64. The van der Waals surface area contributed by atoms with E-state index in [0.29, 0.717) is 10.7 Å². The highest BCUT2D eigenvalue weighted by atomic mass is 35.5. The Morgan fingerprint density at radius 1 is 1.08 bits per heavy atom. The number of rotatable bonds is 6. The smallest absolute Gasteiger partial charge is 0.243 e. The molecule has 124 valence electrons. The van der Waals surface area contributed by atoms with Gasteiger partial charge in [0.2, 0.25) is 10.0 Å². The fraction of sp³-hybridized carbons (Fsp3) is 0.118. The van der Waals surface area contributed by atoms with Gasteiger partial charge in [-0.1, -0.05) is 23.7 Å². The van der Waals surface area contributed by atoms with Crippen molar-refractivity contribution in [3.05, 3.63) is 81.8 Å². The quantitative estimate of drug-likeness (QED) is 0.646. The van der Waals surface area contributed by atoms with Crippen LogP contribution in [0.2, 0.25) is 5.02 Å². The predicted molar refractivity (Wildman–Crippen MR) is 96.4 cm³/mol. The van der Waals surface area contributed by atoms with Gasteiger partial charge in [0, 0.05) is 17.8 Å². The summed E-state index contributed by atoms with van der Waals surface area (Å²) in [6.07, 6.45) is 1.66. The third kappa shape index (κ3) is 4.02. The second kappa shape index (κ2) is 7.44. The second-order valence-electron chi connectivity index (χ2n) is 5.18. The Morgan fingerprint density at radius 2 is 1.96 bits per heavy atom. The summed E-state index contributed by atoms with van der Waals surface area (Å²) in [6, 6.07) is 13.7. The van der Waals surface area contributed by atoms with Crippen molar-refractivity contribution in [3.8, 4) is 0 Å². The molecule has 0 unspecified atom stereocenters. The number of thiophene rings is 1. The lowest BCUT2D eigenvalue weighted by molar-refractivity contribution is 0.397. The van der Waals surface area contributed by atoms with Crippen LogP contribution >= 0.6 is 22.9 Å². The topological polar surface area (TPSA) is 50.3 Å². The molecule has 0 aliphatic carbocycles. The first kappa shape index (κ1) is 17.1. The zero-order chi connectivity index (χ0) is 17.0.